The Morgan fingerprint density at radius 3 is 2.48 bits per heavy atom. The van der Waals surface area contributed by atoms with Crippen LogP contribution in [0.3, 0.4) is 0 Å². The highest BCUT2D eigenvalue weighted by Gasteiger charge is 2.26. The van der Waals surface area contributed by atoms with Crippen molar-refractivity contribution in [2.75, 3.05) is 42.1 Å². The Bertz CT molecular complexity index is 843. The fourth-order valence-corrected chi connectivity index (χ4v) is 3.85. The number of carbonyl (C=O) groups excluding carboxylic acids is 2. The van der Waals surface area contributed by atoms with Crippen molar-refractivity contribution in [1.82, 2.24) is 9.88 Å². The number of rotatable bonds is 6. The van der Waals surface area contributed by atoms with Gasteiger partial charge in [0.05, 0.1) is 16.0 Å². The van der Waals surface area contributed by atoms with E-state index in [1.807, 2.05) is 17.9 Å². The Labute approximate surface area is 178 Å². The molecular weight excluding hydrogens is 415 g/mol. The minimum Gasteiger partial charge on any atom is -0.353 e. The van der Waals surface area contributed by atoms with Gasteiger partial charge < -0.3 is 15.1 Å². The van der Waals surface area contributed by atoms with Crippen molar-refractivity contribution in [3.63, 3.8) is 0 Å². The van der Waals surface area contributed by atoms with Crippen LogP contribution in [0.4, 0.5) is 15.9 Å². The minimum absolute atomic E-state index is 0.0216. The molecule has 0 saturated carbocycles. The molecule has 0 radical (unpaired) electrons. The summed E-state index contributed by atoms with van der Waals surface area (Å²) in [6.45, 7) is 4.42. The van der Waals surface area contributed by atoms with E-state index >= 15 is 0 Å². The van der Waals surface area contributed by atoms with Gasteiger partial charge in [-0.2, -0.15) is 0 Å². The summed E-state index contributed by atoms with van der Waals surface area (Å²) >= 11 is 7.16. The molecule has 29 heavy (non-hydrogen) atoms. The van der Waals surface area contributed by atoms with Gasteiger partial charge in [-0.25, -0.2) is 9.37 Å². The van der Waals surface area contributed by atoms with Gasteiger partial charge in [-0.15, -0.1) is 11.8 Å². The Morgan fingerprint density at radius 1 is 1.17 bits per heavy atom. The third-order valence-corrected chi connectivity index (χ3v) is 5.92. The molecule has 154 valence electrons. The first-order chi connectivity index (χ1) is 13.9. The van der Waals surface area contributed by atoms with Gasteiger partial charge >= 0.3 is 0 Å². The number of hydrogen-bond donors (Lipinski definition) is 1. The molecule has 6 nitrogen and oxygen atoms in total. The van der Waals surface area contributed by atoms with Gasteiger partial charge in [-0.1, -0.05) is 11.6 Å². The standard InChI is InChI=1S/C20H22ClFN4O2S/c1-14(29-13-19(27)24-17-5-3-16(22)4-6-17)20(28)26-10-8-25(9-11-26)18-7-2-15(21)12-23-18/h2-7,12,14H,8-11,13H2,1H3,(H,24,27). The molecule has 1 atom stereocenters. The lowest BCUT2D eigenvalue weighted by molar-refractivity contribution is -0.130. The van der Waals surface area contributed by atoms with Crippen LogP contribution in [0.1, 0.15) is 6.92 Å². The largest absolute Gasteiger partial charge is 0.353 e. The van der Waals surface area contributed by atoms with E-state index in [-0.39, 0.29) is 28.6 Å². The minimum atomic E-state index is -0.358. The number of halogens is 2. The quantitative estimate of drug-likeness (QED) is 0.752. The van der Waals surface area contributed by atoms with Gasteiger partial charge in [0.15, 0.2) is 0 Å². The number of anilines is 2. The van der Waals surface area contributed by atoms with Crippen molar-refractivity contribution in [2.45, 2.75) is 12.2 Å². The highest BCUT2D eigenvalue weighted by molar-refractivity contribution is 8.01. The number of piperazine rings is 1. The fraction of sp³-hybridized carbons (Fsp3) is 0.350. The van der Waals surface area contributed by atoms with Crippen LogP contribution in [-0.2, 0) is 9.59 Å². The maximum Gasteiger partial charge on any atom is 0.235 e. The summed E-state index contributed by atoms with van der Waals surface area (Å²) in [5.41, 5.74) is 0.530. The number of amides is 2. The summed E-state index contributed by atoms with van der Waals surface area (Å²) < 4.78 is 12.9. The topological polar surface area (TPSA) is 65.5 Å². The number of hydrogen-bond acceptors (Lipinski definition) is 5. The number of pyridine rings is 1. The third kappa shape index (κ3) is 6.08. The summed E-state index contributed by atoms with van der Waals surface area (Å²) in [5, 5.41) is 2.97. The molecule has 1 fully saturated rings. The van der Waals surface area contributed by atoms with E-state index in [1.165, 1.54) is 36.0 Å². The summed E-state index contributed by atoms with van der Waals surface area (Å²) in [7, 11) is 0. The zero-order chi connectivity index (χ0) is 20.8. The van der Waals surface area contributed by atoms with Crippen molar-refractivity contribution < 1.29 is 14.0 Å². The van der Waals surface area contributed by atoms with Crippen LogP contribution in [0.2, 0.25) is 5.02 Å². The third-order valence-electron chi connectivity index (χ3n) is 4.57. The van der Waals surface area contributed by atoms with Crippen LogP contribution in [0.15, 0.2) is 42.6 Å². The highest BCUT2D eigenvalue weighted by Crippen LogP contribution is 2.19. The molecule has 1 N–H and O–H groups in total. The average molecular weight is 437 g/mol. The van der Waals surface area contributed by atoms with Gasteiger partial charge in [0, 0.05) is 38.1 Å². The molecule has 2 aromatic rings. The van der Waals surface area contributed by atoms with Crippen molar-refractivity contribution in [1.29, 1.82) is 0 Å². The maximum atomic E-state index is 12.9. The highest BCUT2D eigenvalue weighted by atomic mass is 35.5. The second-order valence-electron chi connectivity index (χ2n) is 6.66. The van der Waals surface area contributed by atoms with Gasteiger partial charge in [-0.3, -0.25) is 9.59 Å². The van der Waals surface area contributed by atoms with Crippen LogP contribution in [0.25, 0.3) is 0 Å². The molecule has 1 aromatic carbocycles. The molecule has 1 aromatic heterocycles. The Kier molecular flexibility index (Phi) is 7.33. The molecule has 0 spiro atoms. The van der Waals surface area contributed by atoms with E-state index in [1.54, 1.807) is 12.3 Å². The lowest BCUT2D eigenvalue weighted by Gasteiger charge is -2.36. The first-order valence-corrected chi connectivity index (χ1v) is 10.7. The fourth-order valence-electron chi connectivity index (χ4n) is 2.97. The number of aromatic nitrogens is 1. The van der Waals surface area contributed by atoms with Crippen molar-refractivity contribution in [3.8, 4) is 0 Å². The van der Waals surface area contributed by atoms with Gasteiger partial charge in [-0.05, 0) is 43.3 Å². The molecule has 1 aliphatic heterocycles. The Morgan fingerprint density at radius 2 is 1.86 bits per heavy atom. The average Bonchev–Trinajstić information content (AvgIpc) is 2.74. The molecule has 2 amide bonds. The maximum absolute atomic E-state index is 12.9. The van der Waals surface area contributed by atoms with Crippen LogP contribution < -0.4 is 10.2 Å². The number of nitrogens with zero attached hydrogens (tertiary/aromatic N) is 3. The van der Waals surface area contributed by atoms with E-state index in [0.717, 1.165) is 5.82 Å². The number of nitrogens with one attached hydrogen (secondary N) is 1. The van der Waals surface area contributed by atoms with E-state index in [9.17, 15) is 14.0 Å². The Balaban J connectivity index is 1.42. The van der Waals surface area contributed by atoms with E-state index in [4.69, 9.17) is 11.6 Å². The molecule has 0 aliphatic carbocycles. The molecule has 1 aliphatic rings. The van der Waals surface area contributed by atoms with Gasteiger partial charge in [0.2, 0.25) is 11.8 Å². The van der Waals surface area contributed by atoms with E-state index in [2.05, 4.69) is 15.2 Å². The van der Waals surface area contributed by atoms with Crippen LogP contribution >= 0.6 is 23.4 Å². The second kappa shape index (κ2) is 9.93. The van der Waals surface area contributed by atoms with Gasteiger partial charge in [0.1, 0.15) is 11.6 Å². The number of carbonyl (C=O) groups is 2. The molecular formula is C20H22ClFN4O2S. The summed E-state index contributed by atoms with van der Waals surface area (Å²) in [6, 6.07) is 9.25. The summed E-state index contributed by atoms with van der Waals surface area (Å²) in [5.74, 6) is 0.442. The molecule has 1 unspecified atom stereocenters. The van der Waals surface area contributed by atoms with Crippen LogP contribution in [-0.4, -0.2) is 58.9 Å². The zero-order valence-corrected chi connectivity index (χ0v) is 17.5. The predicted octanol–water partition coefficient (Wildman–Crippen LogP) is 3.28. The summed E-state index contributed by atoms with van der Waals surface area (Å²) in [4.78, 5) is 33.0. The molecule has 3 rings (SSSR count). The molecule has 2 heterocycles. The molecule has 1 saturated heterocycles. The smallest absolute Gasteiger partial charge is 0.235 e. The number of thioether (sulfide) groups is 1. The monoisotopic (exact) mass is 436 g/mol. The van der Waals surface area contributed by atoms with Crippen molar-refractivity contribution >= 4 is 46.7 Å². The zero-order valence-electron chi connectivity index (χ0n) is 16.0. The first kappa shape index (κ1) is 21.4. The SMILES string of the molecule is CC(SCC(=O)Nc1ccc(F)cc1)C(=O)N1CCN(c2ccc(Cl)cn2)CC1. The predicted molar refractivity (Wildman–Crippen MR) is 115 cm³/mol. The normalized spacial score (nSPS) is 15.1. The summed E-state index contributed by atoms with van der Waals surface area (Å²) in [6.07, 6.45) is 1.62. The second-order valence-corrected chi connectivity index (χ2v) is 8.42. The van der Waals surface area contributed by atoms with Crippen molar-refractivity contribution in [2.24, 2.45) is 0 Å². The molecule has 9 heteroatoms. The van der Waals surface area contributed by atoms with Crippen molar-refractivity contribution in [3.05, 3.63) is 53.4 Å². The molecule has 0 bridgehead atoms. The first-order valence-electron chi connectivity index (χ1n) is 9.24. The Hall–Kier alpha value is -2.32. The van der Waals surface area contributed by atoms with E-state index in [0.29, 0.717) is 36.9 Å². The van der Waals surface area contributed by atoms with Crippen LogP contribution in [0, 0.1) is 5.82 Å². The van der Waals surface area contributed by atoms with E-state index < -0.39 is 0 Å². The van der Waals surface area contributed by atoms with Gasteiger partial charge in [0.25, 0.3) is 0 Å². The van der Waals surface area contributed by atoms with Crippen LogP contribution in [0.5, 0.6) is 0 Å². The number of benzene rings is 1. The lowest BCUT2D eigenvalue weighted by Crippen LogP contribution is -2.51. The lowest BCUT2D eigenvalue weighted by atomic mass is 10.2.